The SMILES string of the molecule is CCCCCCCCN1C=CC(C2C=CN(CCCCCCCC)C=C2)C=C1. The lowest BCUT2D eigenvalue weighted by Crippen LogP contribution is -2.21. The van der Waals surface area contributed by atoms with Gasteiger partial charge in [-0.2, -0.15) is 0 Å². The number of hydrogen-bond acceptors (Lipinski definition) is 2. The maximum atomic E-state index is 2.37. The number of rotatable bonds is 15. The van der Waals surface area contributed by atoms with E-state index in [-0.39, 0.29) is 0 Å². The molecule has 2 aliphatic rings. The summed E-state index contributed by atoms with van der Waals surface area (Å²) < 4.78 is 0. The van der Waals surface area contributed by atoms with Crippen LogP contribution in [0, 0.1) is 11.8 Å². The zero-order chi connectivity index (χ0) is 19.9. The molecule has 0 N–H and O–H groups in total. The van der Waals surface area contributed by atoms with Crippen LogP contribution in [0.25, 0.3) is 0 Å². The predicted molar refractivity (Wildman–Crippen MR) is 124 cm³/mol. The van der Waals surface area contributed by atoms with Gasteiger partial charge in [0.05, 0.1) is 0 Å². The Morgan fingerprint density at radius 3 is 1.14 bits per heavy atom. The van der Waals surface area contributed by atoms with Gasteiger partial charge in [0, 0.05) is 49.7 Å². The van der Waals surface area contributed by atoms with Crippen molar-refractivity contribution in [3.05, 3.63) is 49.1 Å². The molecule has 0 spiro atoms. The molecule has 2 aliphatic heterocycles. The molecule has 2 heterocycles. The zero-order valence-corrected chi connectivity index (χ0v) is 18.6. The molecule has 0 atom stereocenters. The molecule has 2 nitrogen and oxygen atoms in total. The Hall–Kier alpha value is -1.44. The first-order chi connectivity index (χ1) is 13.8. The first-order valence-electron chi connectivity index (χ1n) is 12.1. The third-order valence-corrected chi connectivity index (χ3v) is 5.98. The quantitative estimate of drug-likeness (QED) is 0.268. The Balaban J connectivity index is 1.58. The van der Waals surface area contributed by atoms with Crippen LogP contribution in [0.5, 0.6) is 0 Å². The van der Waals surface area contributed by atoms with Gasteiger partial charge in [0.2, 0.25) is 0 Å². The van der Waals surface area contributed by atoms with Gasteiger partial charge in [0.1, 0.15) is 0 Å². The highest BCUT2D eigenvalue weighted by molar-refractivity contribution is 5.19. The highest BCUT2D eigenvalue weighted by Crippen LogP contribution is 2.25. The molecule has 0 aromatic carbocycles. The Morgan fingerprint density at radius 1 is 0.464 bits per heavy atom. The summed E-state index contributed by atoms with van der Waals surface area (Å²) in [6, 6.07) is 0. The van der Waals surface area contributed by atoms with Crippen LogP contribution in [0.1, 0.15) is 90.9 Å². The second kappa shape index (κ2) is 14.5. The number of nitrogens with zero attached hydrogens (tertiary/aromatic N) is 2. The third kappa shape index (κ3) is 9.17. The minimum Gasteiger partial charge on any atom is -0.355 e. The Labute approximate surface area is 175 Å². The molecule has 0 aromatic rings. The summed E-state index contributed by atoms with van der Waals surface area (Å²) >= 11 is 0. The Morgan fingerprint density at radius 2 is 0.786 bits per heavy atom. The molecule has 0 amide bonds. The van der Waals surface area contributed by atoms with E-state index >= 15 is 0 Å². The van der Waals surface area contributed by atoms with Crippen molar-refractivity contribution in [1.29, 1.82) is 0 Å². The monoisotopic (exact) mass is 384 g/mol. The van der Waals surface area contributed by atoms with E-state index in [9.17, 15) is 0 Å². The van der Waals surface area contributed by atoms with Gasteiger partial charge >= 0.3 is 0 Å². The lowest BCUT2D eigenvalue weighted by Gasteiger charge is -2.27. The van der Waals surface area contributed by atoms with Gasteiger partial charge in [0.25, 0.3) is 0 Å². The average molecular weight is 385 g/mol. The lowest BCUT2D eigenvalue weighted by molar-refractivity contribution is 0.434. The van der Waals surface area contributed by atoms with Gasteiger partial charge in [-0.3, -0.25) is 0 Å². The molecule has 0 unspecified atom stereocenters. The minimum absolute atomic E-state index is 0.504. The molecule has 2 rings (SSSR count). The number of allylic oxidation sites excluding steroid dienone is 4. The predicted octanol–water partition coefficient (Wildman–Crippen LogP) is 7.63. The molecule has 0 saturated heterocycles. The van der Waals surface area contributed by atoms with Gasteiger partial charge in [-0.15, -0.1) is 0 Å². The van der Waals surface area contributed by atoms with Gasteiger partial charge in [0.15, 0.2) is 0 Å². The van der Waals surface area contributed by atoms with Crippen LogP contribution < -0.4 is 0 Å². The van der Waals surface area contributed by atoms with Crippen molar-refractivity contribution in [3.63, 3.8) is 0 Å². The molecular weight excluding hydrogens is 340 g/mol. The van der Waals surface area contributed by atoms with Crippen molar-refractivity contribution in [3.8, 4) is 0 Å². The Kier molecular flexibility index (Phi) is 11.9. The van der Waals surface area contributed by atoms with Gasteiger partial charge in [-0.05, 0) is 12.8 Å². The fraction of sp³-hybridized carbons (Fsp3) is 0.692. The highest BCUT2D eigenvalue weighted by atomic mass is 15.1. The van der Waals surface area contributed by atoms with Crippen LogP contribution in [0.2, 0.25) is 0 Å². The highest BCUT2D eigenvalue weighted by Gasteiger charge is 2.17. The van der Waals surface area contributed by atoms with E-state index in [0.717, 1.165) is 13.1 Å². The van der Waals surface area contributed by atoms with E-state index in [0.29, 0.717) is 11.8 Å². The van der Waals surface area contributed by atoms with Crippen molar-refractivity contribution >= 4 is 0 Å². The van der Waals surface area contributed by atoms with E-state index in [2.05, 4.69) is 72.8 Å². The fourth-order valence-electron chi connectivity index (χ4n) is 4.03. The van der Waals surface area contributed by atoms with E-state index in [1.54, 1.807) is 0 Å². The molecule has 0 saturated carbocycles. The summed E-state index contributed by atoms with van der Waals surface area (Å²) in [5, 5.41) is 0. The second-order valence-corrected chi connectivity index (χ2v) is 8.53. The van der Waals surface area contributed by atoms with Crippen LogP contribution >= 0.6 is 0 Å². The molecule has 0 radical (unpaired) electrons. The molecule has 28 heavy (non-hydrogen) atoms. The van der Waals surface area contributed by atoms with Crippen LogP contribution in [-0.2, 0) is 0 Å². The molecular formula is C26H44N2. The number of hydrogen-bond donors (Lipinski definition) is 0. The Bertz CT molecular complexity index is 429. The minimum atomic E-state index is 0.504. The van der Waals surface area contributed by atoms with Gasteiger partial charge in [-0.25, -0.2) is 0 Å². The fourth-order valence-corrected chi connectivity index (χ4v) is 4.03. The molecule has 0 aliphatic carbocycles. The van der Waals surface area contributed by atoms with E-state index in [4.69, 9.17) is 0 Å². The summed E-state index contributed by atoms with van der Waals surface area (Å²) in [5.74, 6) is 1.01. The maximum Gasteiger partial charge on any atom is 0.0219 e. The standard InChI is InChI=1S/C26H44N2/c1-3-5-7-9-11-13-19-27-21-15-25(16-22-27)26-17-23-28(24-18-26)20-14-12-10-8-6-4-2/h15-18,21-26H,3-14,19-20H2,1-2H3. The summed E-state index contributed by atoms with van der Waals surface area (Å²) in [7, 11) is 0. The maximum absolute atomic E-state index is 2.37. The van der Waals surface area contributed by atoms with Crippen molar-refractivity contribution in [2.24, 2.45) is 11.8 Å². The van der Waals surface area contributed by atoms with Crippen LogP contribution in [0.3, 0.4) is 0 Å². The molecule has 2 heteroatoms. The lowest BCUT2D eigenvalue weighted by atomic mass is 9.90. The molecule has 0 aromatic heterocycles. The first kappa shape index (κ1) is 22.8. The van der Waals surface area contributed by atoms with Gasteiger partial charge < -0.3 is 9.80 Å². The van der Waals surface area contributed by atoms with Crippen molar-refractivity contribution in [2.45, 2.75) is 90.9 Å². The second-order valence-electron chi connectivity index (χ2n) is 8.53. The first-order valence-corrected chi connectivity index (χ1v) is 12.1. The summed E-state index contributed by atoms with van der Waals surface area (Å²) in [4.78, 5) is 4.72. The smallest absolute Gasteiger partial charge is 0.0219 e. The molecule has 0 fully saturated rings. The zero-order valence-electron chi connectivity index (χ0n) is 18.6. The van der Waals surface area contributed by atoms with Gasteiger partial charge in [-0.1, -0.05) is 102 Å². The average Bonchev–Trinajstić information content (AvgIpc) is 2.74. The summed E-state index contributed by atoms with van der Waals surface area (Å²) in [6.45, 7) is 6.88. The summed E-state index contributed by atoms with van der Waals surface area (Å²) in [6.07, 6.45) is 35.1. The molecule has 0 bridgehead atoms. The van der Waals surface area contributed by atoms with Crippen molar-refractivity contribution in [1.82, 2.24) is 9.80 Å². The number of unbranched alkanes of at least 4 members (excludes halogenated alkanes) is 10. The summed E-state index contributed by atoms with van der Waals surface area (Å²) in [5.41, 5.74) is 0. The van der Waals surface area contributed by atoms with E-state index in [1.165, 1.54) is 77.0 Å². The van der Waals surface area contributed by atoms with Crippen LogP contribution in [0.4, 0.5) is 0 Å². The van der Waals surface area contributed by atoms with E-state index < -0.39 is 0 Å². The van der Waals surface area contributed by atoms with E-state index in [1.807, 2.05) is 0 Å². The normalized spacial score (nSPS) is 17.2. The van der Waals surface area contributed by atoms with Crippen LogP contribution in [-0.4, -0.2) is 22.9 Å². The largest absolute Gasteiger partial charge is 0.355 e. The van der Waals surface area contributed by atoms with Crippen molar-refractivity contribution < 1.29 is 0 Å². The third-order valence-electron chi connectivity index (χ3n) is 5.98. The molecule has 158 valence electrons. The van der Waals surface area contributed by atoms with Crippen molar-refractivity contribution in [2.75, 3.05) is 13.1 Å². The van der Waals surface area contributed by atoms with Crippen LogP contribution in [0.15, 0.2) is 49.1 Å². The topological polar surface area (TPSA) is 6.48 Å².